The van der Waals surface area contributed by atoms with Gasteiger partial charge >= 0.3 is 0 Å². The van der Waals surface area contributed by atoms with Gasteiger partial charge < -0.3 is 10.6 Å². The summed E-state index contributed by atoms with van der Waals surface area (Å²) in [5, 5.41) is 6.15. The molecule has 1 aromatic carbocycles. The topological polar surface area (TPSA) is 41.1 Å². The summed E-state index contributed by atoms with van der Waals surface area (Å²) in [6.45, 7) is 4.26. The number of carbonyl (C=O) groups excluding carboxylic acids is 1. The lowest BCUT2D eigenvalue weighted by atomic mass is 9.93. The summed E-state index contributed by atoms with van der Waals surface area (Å²) in [6.07, 6.45) is 3.69. The van der Waals surface area contributed by atoms with Crippen molar-refractivity contribution in [3.63, 3.8) is 0 Å². The van der Waals surface area contributed by atoms with Crippen molar-refractivity contribution >= 4 is 5.91 Å². The molecule has 1 saturated heterocycles. The van der Waals surface area contributed by atoms with E-state index >= 15 is 0 Å². The Morgan fingerprint density at radius 3 is 2.77 bits per heavy atom. The first-order chi connectivity index (χ1) is 10.6. The summed E-state index contributed by atoms with van der Waals surface area (Å²) >= 11 is 0. The molecule has 0 bridgehead atoms. The van der Waals surface area contributed by atoms with Gasteiger partial charge in [0.05, 0.1) is 0 Å². The molecule has 0 saturated carbocycles. The minimum Gasteiger partial charge on any atom is -0.356 e. The van der Waals surface area contributed by atoms with E-state index in [2.05, 4.69) is 10.6 Å². The van der Waals surface area contributed by atoms with E-state index in [1.54, 1.807) is 0 Å². The highest BCUT2D eigenvalue weighted by Gasteiger charge is 2.16. The maximum absolute atomic E-state index is 13.7. The van der Waals surface area contributed by atoms with Gasteiger partial charge in [0.1, 0.15) is 11.6 Å². The molecule has 0 aromatic heterocycles. The SMILES string of the molecule is CC(CNC(=O)CCC1CCNCC1)c1ccc(F)cc1F. The highest BCUT2D eigenvalue weighted by atomic mass is 19.1. The molecule has 1 fully saturated rings. The van der Waals surface area contributed by atoms with Crippen LogP contribution in [0.25, 0.3) is 0 Å². The Morgan fingerprint density at radius 1 is 1.36 bits per heavy atom. The van der Waals surface area contributed by atoms with Crippen molar-refractivity contribution < 1.29 is 13.6 Å². The number of carbonyl (C=O) groups is 1. The van der Waals surface area contributed by atoms with Crippen LogP contribution in [0.1, 0.15) is 44.1 Å². The molecule has 0 spiro atoms. The van der Waals surface area contributed by atoms with Gasteiger partial charge in [0.2, 0.25) is 5.91 Å². The highest BCUT2D eigenvalue weighted by molar-refractivity contribution is 5.75. The maximum Gasteiger partial charge on any atom is 0.220 e. The molecule has 2 N–H and O–H groups in total. The molecule has 1 atom stereocenters. The van der Waals surface area contributed by atoms with Crippen LogP contribution in [0.3, 0.4) is 0 Å². The molecule has 1 aliphatic rings. The van der Waals surface area contributed by atoms with E-state index in [-0.39, 0.29) is 11.8 Å². The van der Waals surface area contributed by atoms with Crippen LogP contribution in [0, 0.1) is 17.6 Å². The summed E-state index contributed by atoms with van der Waals surface area (Å²) in [5.41, 5.74) is 0.431. The number of piperidine rings is 1. The first kappa shape index (κ1) is 16.9. The van der Waals surface area contributed by atoms with Crippen LogP contribution in [0.15, 0.2) is 18.2 Å². The Balaban J connectivity index is 1.73. The summed E-state index contributed by atoms with van der Waals surface area (Å²) in [7, 11) is 0. The third-order valence-electron chi connectivity index (χ3n) is 4.34. The molecule has 1 aromatic rings. The molecular formula is C17H24F2N2O. The minimum absolute atomic E-state index is 0.00732. The number of hydrogen-bond donors (Lipinski definition) is 2. The van der Waals surface area contributed by atoms with E-state index in [9.17, 15) is 13.6 Å². The van der Waals surface area contributed by atoms with E-state index in [1.165, 1.54) is 12.1 Å². The summed E-state index contributed by atoms with van der Waals surface area (Å²) in [5.74, 6) is -0.689. The van der Waals surface area contributed by atoms with Gasteiger partial charge in [-0.1, -0.05) is 13.0 Å². The van der Waals surface area contributed by atoms with Gasteiger partial charge in [0.25, 0.3) is 0 Å². The van der Waals surface area contributed by atoms with Gasteiger partial charge in [-0.2, -0.15) is 0 Å². The summed E-state index contributed by atoms with van der Waals surface area (Å²) < 4.78 is 26.5. The van der Waals surface area contributed by atoms with Crippen LogP contribution in [-0.2, 0) is 4.79 Å². The zero-order chi connectivity index (χ0) is 15.9. The first-order valence-electron chi connectivity index (χ1n) is 7.98. The fourth-order valence-corrected chi connectivity index (χ4v) is 2.87. The fraction of sp³-hybridized carbons (Fsp3) is 0.588. The quantitative estimate of drug-likeness (QED) is 0.848. The van der Waals surface area contributed by atoms with E-state index in [4.69, 9.17) is 0 Å². The van der Waals surface area contributed by atoms with Crippen LogP contribution in [-0.4, -0.2) is 25.5 Å². The van der Waals surface area contributed by atoms with E-state index in [0.717, 1.165) is 38.4 Å². The predicted octanol–water partition coefficient (Wildman–Crippen LogP) is 2.96. The van der Waals surface area contributed by atoms with Gasteiger partial charge in [-0.05, 0) is 49.9 Å². The van der Waals surface area contributed by atoms with E-state index in [0.29, 0.717) is 24.4 Å². The van der Waals surface area contributed by atoms with Gasteiger partial charge in [0, 0.05) is 24.9 Å². The van der Waals surface area contributed by atoms with Crippen molar-refractivity contribution in [1.82, 2.24) is 10.6 Å². The molecule has 22 heavy (non-hydrogen) atoms. The fourth-order valence-electron chi connectivity index (χ4n) is 2.87. The molecule has 1 heterocycles. The molecule has 1 unspecified atom stereocenters. The molecule has 1 amide bonds. The van der Waals surface area contributed by atoms with Crippen LogP contribution < -0.4 is 10.6 Å². The lowest BCUT2D eigenvalue weighted by Crippen LogP contribution is -2.30. The number of halogens is 2. The number of rotatable bonds is 6. The monoisotopic (exact) mass is 310 g/mol. The average molecular weight is 310 g/mol. The molecule has 2 rings (SSSR count). The smallest absolute Gasteiger partial charge is 0.220 e. The lowest BCUT2D eigenvalue weighted by molar-refractivity contribution is -0.121. The van der Waals surface area contributed by atoms with Crippen molar-refractivity contribution in [2.75, 3.05) is 19.6 Å². The summed E-state index contributed by atoms with van der Waals surface area (Å²) in [4.78, 5) is 11.9. The standard InChI is InChI=1S/C17H24F2N2O/c1-12(15-4-3-14(18)10-16(15)19)11-21-17(22)5-2-13-6-8-20-9-7-13/h3-4,10,12-13,20H,2,5-9,11H2,1H3,(H,21,22). The Bertz CT molecular complexity index is 501. The van der Waals surface area contributed by atoms with Crippen LogP contribution in [0.5, 0.6) is 0 Å². The average Bonchev–Trinajstić information content (AvgIpc) is 2.51. The van der Waals surface area contributed by atoms with Crippen LogP contribution in [0.2, 0.25) is 0 Å². The van der Waals surface area contributed by atoms with Crippen molar-refractivity contribution in [1.29, 1.82) is 0 Å². The molecule has 5 heteroatoms. The van der Waals surface area contributed by atoms with Crippen molar-refractivity contribution in [2.45, 2.75) is 38.5 Å². The van der Waals surface area contributed by atoms with Crippen molar-refractivity contribution in [3.05, 3.63) is 35.4 Å². The van der Waals surface area contributed by atoms with Gasteiger partial charge in [-0.15, -0.1) is 0 Å². The largest absolute Gasteiger partial charge is 0.356 e. The predicted molar refractivity (Wildman–Crippen MR) is 82.6 cm³/mol. The molecule has 3 nitrogen and oxygen atoms in total. The number of benzene rings is 1. The Labute approximate surface area is 130 Å². The van der Waals surface area contributed by atoms with Gasteiger partial charge in [-0.3, -0.25) is 4.79 Å². The second-order valence-corrected chi connectivity index (χ2v) is 6.10. The zero-order valence-electron chi connectivity index (χ0n) is 13.0. The second kappa shape index (κ2) is 8.22. The van der Waals surface area contributed by atoms with E-state index < -0.39 is 11.6 Å². The molecule has 0 aliphatic carbocycles. The molecule has 0 radical (unpaired) electrons. The number of nitrogens with one attached hydrogen (secondary N) is 2. The van der Waals surface area contributed by atoms with E-state index in [1.807, 2.05) is 6.92 Å². The van der Waals surface area contributed by atoms with Crippen LogP contribution in [0.4, 0.5) is 8.78 Å². The lowest BCUT2D eigenvalue weighted by Gasteiger charge is -2.22. The highest BCUT2D eigenvalue weighted by Crippen LogP contribution is 2.20. The third-order valence-corrected chi connectivity index (χ3v) is 4.34. The van der Waals surface area contributed by atoms with Gasteiger partial charge in [-0.25, -0.2) is 8.78 Å². The normalized spacial score (nSPS) is 17.2. The zero-order valence-corrected chi connectivity index (χ0v) is 13.0. The Kier molecular flexibility index (Phi) is 6.31. The van der Waals surface area contributed by atoms with Crippen molar-refractivity contribution in [3.8, 4) is 0 Å². The van der Waals surface area contributed by atoms with Gasteiger partial charge in [0.15, 0.2) is 0 Å². The summed E-state index contributed by atoms with van der Waals surface area (Å²) in [6, 6.07) is 3.56. The number of hydrogen-bond acceptors (Lipinski definition) is 2. The maximum atomic E-state index is 13.7. The third kappa shape index (κ3) is 5.05. The second-order valence-electron chi connectivity index (χ2n) is 6.10. The molecule has 1 aliphatic heterocycles. The van der Waals surface area contributed by atoms with Crippen LogP contribution >= 0.6 is 0 Å². The Hall–Kier alpha value is -1.49. The van der Waals surface area contributed by atoms with Crippen molar-refractivity contribution in [2.24, 2.45) is 5.92 Å². The molecular weight excluding hydrogens is 286 g/mol. The molecule has 122 valence electrons. The first-order valence-corrected chi connectivity index (χ1v) is 7.98. The Morgan fingerprint density at radius 2 is 2.09 bits per heavy atom. The number of amides is 1. The minimum atomic E-state index is -0.584.